The van der Waals surface area contributed by atoms with Gasteiger partial charge in [-0.25, -0.2) is 18.4 Å². The van der Waals surface area contributed by atoms with Crippen molar-refractivity contribution in [2.45, 2.75) is 128 Å². The number of amides is 2. The summed E-state index contributed by atoms with van der Waals surface area (Å²) in [5, 5.41) is 0. The van der Waals surface area contributed by atoms with Gasteiger partial charge in [0.1, 0.15) is 11.7 Å². The van der Waals surface area contributed by atoms with Gasteiger partial charge in [-0.05, 0) is 84.0 Å². The van der Waals surface area contributed by atoms with Crippen molar-refractivity contribution in [1.29, 1.82) is 0 Å². The monoisotopic (exact) mass is 864 g/mol. The predicted molar refractivity (Wildman–Crippen MR) is 212 cm³/mol. The number of benzene rings is 1. The largest absolute Gasteiger partial charge is 0.493 e. The molecule has 2 aliphatic carbocycles. The maximum atomic E-state index is 14.9. The number of hydrogen-bond donors (Lipinski definition) is 1. The van der Waals surface area contributed by atoms with Gasteiger partial charge in [0.2, 0.25) is 33.4 Å². The lowest BCUT2D eigenvalue weighted by Crippen LogP contribution is -2.48. The van der Waals surface area contributed by atoms with Crippen LogP contribution in [0.2, 0.25) is 0 Å². The van der Waals surface area contributed by atoms with E-state index in [1.807, 2.05) is 19.1 Å². The van der Waals surface area contributed by atoms with E-state index in [1.165, 1.54) is 24.1 Å². The summed E-state index contributed by atoms with van der Waals surface area (Å²) in [5.74, 6) is -4.50. The number of sulfonamides is 1. The summed E-state index contributed by atoms with van der Waals surface area (Å²) < 4.78 is 91.4. The highest BCUT2D eigenvalue weighted by molar-refractivity contribution is 7.91. The van der Waals surface area contributed by atoms with Crippen LogP contribution in [0.15, 0.2) is 24.3 Å². The van der Waals surface area contributed by atoms with Crippen LogP contribution in [0, 0.1) is 29.1 Å². The molecule has 3 heterocycles. The number of esters is 1. The van der Waals surface area contributed by atoms with E-state index in [4.69, 9.17) is 18.9 Å². The van der Waals surface area contributed by atoms with Crippen molar-refractivity contribution in [3.05, 3.63) is 30.0 Å². The number of ether oxygens (including phenoxy) is 4. The summed E-state index contributed by atoms with van der Waals surface area (Å²) in [6.07, 6.45) is 0.447. The first-order valence-corrected chi connectivity index (χ1v) is 21.8. The van der Waals surface area contributed by atoms with Crippen LogP contribution in [-0.2, 0) is 40.1 Å². The van der Waals surface area contributed by atoms with Gasteiger partial charge < -0.3 is 23.8 Å². The number of rotatable bonds is 9. The Hall–Kier alpha value is -4.48. The smallest absolute Gasteiger partial charge is 0.438 e. The second-order valence-corrected chi connectivity index (χ2v) is 20.5. The number of alkyl halides is 3. The summed E-state index contributed by atoms with van der Waals surface area (Å²) >= 11 is 0. The van der Waals surface area contributed by atoms with Gasteiger partial charge in [0.05, 0.1) is 60.3 Å². The van der Waals surface area contributed by atoms with E-state index in [0.29, 0.717) is 25.7 Å². The van der Waals surface area contributed by atoms with Crippen molar-refractivity contribution in [3.8, 4) is 17.4 Å². The molecule has 1 aromatic heterocycles. The fourth-order valence-corrected chi connectivity index (χ4v) is 9.79. The van der Waals surface area contributed by atoms with Crippen molar-refractivity contribution >= 4 is 44.6 Å². The summed E-state index contributed by atoms with van der Waals surface area (Å²) in [5.41, 5.74) is -3.68. The molecule has 0 spiro atoms. The predicted octanol–water partition coefficient (Wildman–Crippen LogP) is 6.34. The number of halogens is 3. The summed E-state index contributed by atoms with van der Waals surface area (Å²) in [7, 11) is -1.70. The molecule has 2 aliphatic heterocycles. The lowest BCUT2D eigenvalue weighted by atomic mass is 9.82. The van der Waals surface area contributed by atoms with Crippen molar-refractivity contribution in [2.75, 3.05) is 20.8 Å². The minimum Gasteiger partial charge on any atom is -0.493 e. The molecule has 2 aromatic rings. The Kier molecular flexibility index (Phi) is 12.3. The number of aromatic nitrogens is 2. The molecular formula is C42H55F3N4O10S. The Morgan fingerprint density at radius 3 is 2.28 bits per heavy atom. The number of nitrogens with one attached hydrogen (secondary N) is 1. The van der Waals surface area contributed by atoms with E-state index in [1.54, 1.807) is 27.7 Å². The van der Waals surface area contributed by atoms with E-state index in [-0.39, 0.29) is 66.6 Å². The Morgan fingerprint density at radius 1 is 1.00 bits per heavy atom. The van der Waals surface area contributed by atoms with Crippen LogP contribution in [0.25, 0.3) is 11.0 Å². The van der Waals surface area contributed by atoms with Gasteiger partial charge in [-0.3, -0.25) is 23.9 Å². The van der Waals surface area contributed by atoms with E-state index in [0.717, 1.165) is 13.5 Å². The molecule has 0 bridgehead atoms. The highest BCUT2D eigenvalue weighted by atomic mass is 32.2. The summed E-state index contributed by atoms with van der Waals surface area (Å²) in [6, 6.07) is 1.42. The first-order chi connectivity index (χ1) is 27.9. The molecule has 3 fully saturated rings. The van der Waals surface area contributed by atoms with Crippen LogP contribution in [0.3, 0.4) is 0 Å². The normalized spacial score (nSPS) is 29.0. The molecule has 4 aliphatic rings. The van der Waals surface area contributed by atoms with Crippen LogP contribution >= 0.6 is 0 Å². The first kappa shape index (κ1) is 45.1. The maximum absolute atomic E-state index is 14.9. The van der Waals surface area contributed by atoms with Crippen LogP contribution < -0.4 is 18.9 Å². The molecule has 60 heavy (non-hydrogen) atoms. The molecule has 14 nitrogen and oxygen atoms in total. The molecule has 1 saturated heterocycles. The zero-order valence-electron chi connectivity index (χ0n) is 35.3. The topological polar surface area (TPSA) is 180 Å². The molecule has 1 aromatic carbocycles. The second-order valence-electron chi connectivity index (χ2n) is 18.3. The highest BCUT2D eigenvalue weighted by Crippen LogP contribution is 2.58. The van der Waals surface area contributed by atoms with Gasteiger partial charge in [0.25, 0.3) is 0 Å². The number of carbonyl (C=O) groups is 4. The molecule has 7 atom stereocenters. The minimum absolute atomic E-state index is 0.00758. The molecule has 18 heteroatoms. The van der Waals surface area contributed by atoms with Crippen LogP contribution in [-0.4, -0.2) is 90.1 Å². The quantitative estimate of drug-likeness (QED) is 0.219. The zero-order chi connectivity index (χ0) is 44.2. The average molecular weight is 865 g/mol. The fraction of sp³-hybridized carbons (Fsp3) is 0.667. The third-order valence-electron chi connectivity index (χ3n) is 12.3. The lowest BCUT2D eigenvalue weighted by Gasteiger charge is -2.32. The molecule has 2 saturated carbocycles. The Labute approximate surface area is 348 Å². The molecule has 0 radical (unpaired) electrons. The Balaban J connectivity index is 1.37. The molecule has 330 valence electrons. The van der Waals surface area contributed by atoms with E-state index in [2.05, 4.69) is 21.6 Å². The number of methoxy groups -OCH3 is 2. The van der Waals surface area contributed by atoms with Gasteiger partial charge in [0.15, 0.2) is 17.3 Å². The van der Waals surface area contributed by atoms with Crippen molar-refractivity contribution in [3.63, 3.8) is 0 Å². The summed E-state index contributed by atoms with van der Waals surface area (Å²) in [4.78, 5) is 66.1. The van der Waals surface area contributed by atoms with Crippen molar-refractivity contribution in [1.82, 2.24) is 19.6 Å². The standard InChI is InChI=1S/C42H55F3N4O10S/c1-23-11-9-10-12-25-20-41(25,38(53)48-60(54,55)40(6)13-14-40)21-31(50)30-16-26(22-49(30)37(52)27(24(2)15-23)17-34(51)59-39(3,4)5)58-33-19-29-28(18-32(33)56-7)46-35(42(43,44)45)36(47-29)57-8/h10,12,18-19,23-27,30H,9,11,13-17,20-22H2,1-8H3,(H,48,53)/b12-10-/t23-,24-,25-,26-,27+,30+,41-/m1/s1. The molecule has 1 N–H and O–H groups in total. The van der Waals surface area contributed by atoms with Crippen LogP contribution in [0.5, 0.6) is 17.4 Å². The van der Waals surface area contributed by atoms with Crippen LogP contribution in [0.4, 0.5) is 13.2 Å². The van der Waals surface area contributed by atoms with Gasteiger partial charge in [-0.15, -0.1) is 0 Å². The second kappa shape index (κ2) is 16.4. The SMILES string of the molecule is COc1cc2nc(C(F)(F)F)c(OC)nc2cc1O[C@@H]1C[C@H]2C(=O)C[C@]3(C(=O)NS(=O)(=O)C4(C)CC4)C[C@H]3/C=C\CC[C@@H](C)C[C@@H](C)[C@H](CC(=O)OC(C)(C)C)C(=O)N2C1. The van der Waals surface area contributed by atoms with Gasteiger partial charge >= 0.3 is 12.1 Å². The van der Waals surface area contributed by atoms with Crippen molar-refractivity contribution < 1.29 is 59.7 Å². The van der Waals surface area contributed by atoms with Crippen LogP contribution in [0.1, 0.15) is 105 Å². The highest BCUT2D eigenvalue weighted by Gasteiger charge is 2.63. The third kappa shape index (κ3) is 9.52. The van der Waals surface area contributed by atoms with Crippen molar-refractivity contribution in [2.24, 2.45) is 29.1 Å². The number of Topliss-reactive ketones (excluding diaryl/α,β-unsaturated/α-hetero) is 1. The number of carbonyl (C=O) groups excluding carboxylic acids is 4. The summed E-state index contributed by atoms with van der Waals surface area (Å²) in [6.45, 7) is 10.6. The number of fused-ring (bicyclic) bond motifs is 3. The molecule has 6 rings (SSSR count). The van der Waals surface area contributed by atoms with Gasteiger partial charge in [-0.1, -0.05) is 26.0 Å². The Morgan fingerprint density at radius 2 is 1.67 bits per heavy atom. The molecule has 2 amide bonds. The number of allylic oxidation sites excluding steroid dienone is 2. The minimum atomic E-state index is -4.86. The van der Waals surface area contributed by atoms with E-state index in [9.17, 15) is 40.8 Å². The average Bonchev–Trinajstić information content (AvgIpc) is 4.03. The fourth-order valence-electron chi connectivity index (χ4n) is 8.45. The van der Waals surface area contributed by atoms with Gasteiger partial charge in [-0.2, -0.15) is 13.2 Å². The first-order valence-electron chi connectivity index (χ1n) is 20.4. The van der Waals surface area contributed by atoms with Gasteiger partial charge in [0, 0.05) is 25.0 Å². The zero-order valence-corrected chi connectivity index (χ0v) is 36.1. The number of nitrogens with zero attached hydrogens (tertiary/aromatic N) is 3. The number of ketones is 1. The number of hydrogen-bond acceptors (Lipinski definition) is 12. The maximum Gasteiger partial charge on any atom is 0.438 e. The molecular weight excluding hydrogens is 810 g/mol. The van der Waals surface area contributed by atoms with E-state index < -0.39 is 91.1 Å². The molecule has 0 unspecified atom stereocenters. The van der Waals surface area contributed by atoms with E-state index >= 15 is 0 Å². The Bertz CT molecular complexity index is 2170. The lowest BCUT2D eigenvalue weighted by molar-refractivity contribution is -0.160. The third-order valence-corrected chi connectivity index (χ3v) is 14.4.